The summed E-state index contributed by atoms with van der Waals surface area (Å²) in [6.07, 6.45) is 4.86. The van der Waals surface area contributed by atoms with Crippen LogP contribution in [0.3, 0.4) is 0 Å². The Kier molecular flexibility index (Phi) is 4.55. The van der Waals surface area contributed by atoms with Gasteiger partial charge in [0.2, 0.25) is 0 Å². The molecule has 3 nitrogen and oxygen atoms in total. The zero-order chi connectivity index (χ0) is 13.0. The molecule has 2 unspecified atom stereocenters. The van der Waals surface area contributed by atoms with Gasteiger partial charge < -0.3 is 5.32 Å². The third-order valence-electron chi connectivity index (χ3n) is 3.15. The number of hydrogen-bond acceptors (Lipinski definition) is 2. The highest BCUT2D eigenvalue weighted by Crippen LogP contribution is 2.23. The molecular weight excluding hydrogens is 290 g/mol. The maximum absolute atomic E-state index is 3.99. The van der Waals surface area contributed by atoms with Crippen molar-refractivity contribution in [2.45, 2.75) is 32.4 Å². The zero-order valence-electron chi connectivity index (χ0n) is 10.7. The van der Waals surface area contributed by atoms with E-state index in [0.29, 0.717) is 6.04 Å². The van der Waals surface area contributed by atoms with Crippen LogP contribution in [0.4, 0.5) is 0 Å². The van der Waals surface area contributed by atoms with Gasteiger partial charge in [-0.2, -0.15) is 5.10 Å². The van der Waals surface area contributed by atoms with Gasteiger partial charge in [-0.1, -0.05) is 35.0 Å². The molecule has 1 heterocycles. The molecule has 0 spiro atoms. The first-order valence-corrected chi connectivity index (χ1v) is 7.00. The van der Waals surface area contributed by atoms with Gasteiger partial charge in [0, 0.05) is 28.3 Å². The van der Waals surface area contributed by atoms with Crippen LogP contribution >= 0.6 is 15.9 Å². The van der Waals surface area contributed by atoms with Crippen molar-refractivity contribution in [2.24, 2.45) is 0 Å². The number of aromatic nitrogens is 2. The minimum atomic E-state index is 0.289. The lowest BCUT2D eigenvalue weighted by Crippen LogP contribution is -2.23. The fourth-order valence-corrected chi connectivity index (χ4v) is 2.30. The Morgan fingerprint density at radius 2 is 2.00 bits per heavy atom. The van der Waals surface area contributed by atoms with E-state index >= 15 is 0 Å². The van der Waals surface area contributed by atoms with Gasteiger partial charge in [-0.05, 0) is 31.0 Å². The predicted molar refractivity (Wildman–Crippen MR) is 77.3 cm³/mol. The SMILES string of the molecule is CCC(NC(C)c1cn[nH]c1)c1ccc(Br)cc1. The summed E-state index contributed by atoms with van der Waals surface area (Å²) in [7, 11) is 0. The first-order valence-electron chi connectivity index (χ1n) is 6.21. The monoisotopic (exact) mass is 307 g/mol. The number of nitrogens with one attached hydrogen (secondary N) is 2. The molecule has 0 aliphatic carbocycles. The van der Waals surface area contributed by atoms with E-state index in [1.54, 1.807) is 0 Å². The molecule has 0 bridgehead atoms. The Morgan fingerprint density at radius 1 is 1.28 bits per heavy atom. The van der Waals surface area contributed by atoms with Crippen molar-refractivity contribution in [3.05, 3.63) is 52.3 Å². The second-order valence-electron chi connectivity index (χ2n) is 4.43. The van der Waals surface area contributed by atoms with E-state index in [2.05, 4.69) is 69.6 Å². The van der Waals surface area contributed by atoms with Gasteiger partial charge in [0.15, 0.2) is 0 Å². The lowest BCUT2D eigenvalue weighted by atomic mass is 10.0. The lowest BCUT2D eigenvalue weighted by Gasteiger charge is -2.22. The molecule has 2 atom stereocenters. The molecule has 0 amide bonds. The van der Waals surface area contributed by atoms with Crippen molar-refractivity contribution in [2.75, 3.05) is 0 Å². The number of H-pyrrole nitrogens is 1. The molecule has 1 aromatic heterocycles. The van der Waals surface area contributed by atoms with E-state index in [-0.39, 0.29) is 6.04 Å². The maximum atomic E-state index is 3.99. The summed E-state index contributed by atoms with van der Waals surface area (Å²) >= 11 is 3.47. The van der Waals surface area contributed by atoms with Gasteiger partial charge in [-0.15, -0.1) is 0 Å². The zero-order valence-corrected chi connectivity index (χ0v) is 12.2. The Bertz CT molecular complexity index is 464. The van der Waals surface area contributed by atoms with E-state index in [1.165, 1.54) is 11.1 Å². The normalized spacial score (nSPS) is 14.4. The standard InChI is InChI=1S/C14H18BrN3/c1-3-14(11-4-6-13(15)7-5-11)18-10(2)12-8-16-17-9-12/h4-10,14,18H,3H2,1-2H3,(H,16,17). The summed E-state index contributed by atoms with van der Waals surface area (Å²) in [5.74, 6) is 0. The van der Waals surface area contributed by atoms with E-state index in [0.717, 1.165) is 10.9 Å². The molecule has 96 valence electrons. The lowest BCUT2D eigenvalue weighted by molar-refractivity contribution is 0.456. The molecule has 0 aliphatic heterocycles. The van der Waals surface area contributed by atoms with Gasteiger partial charge >= 0.3 is 0 Å². The third-order valence-corrected chi connectivity index (χ3v) is 3.68. The van der Waals surface area contributed by atoms with E-state index < -0.39 is 0 Å². The highest BCUT2D eigenvalue weighted by Gasteiger charge is 2.14. The number of benzene rings is 1. The second kappa shape index (κ2) is 6.16. The highest BCUT2D eigenvalue weighted by atomic mass is 79.9. The third kappa shape index (κ3) is 3.21. The number of nitrogens with zero attached hydrogens (tertiary/aromatic N) is 1. The van der Waals surface area contributed by atoms with E-state index in [9.17, 15) is 0 Å². The van der Waals surface area contributed by atoms with Gasteiger partial charge in [-0.25, -0.2) is 0 Å². The Morgan fingerprint density at radius 3 is 2.56 bits per heavy atom. The van der Waals surface area contributed by atoms with E-state index in [4.69, 9.17) is 0 Å². The maximum Gasteiger partial charge on any atom is 0.0534 e. The van der Waals surface area contributed by atoms with Crippen LogP contribution in [0.1, 0.15) is 43.5 Å². The molecule has 1 aromatic carbocycles. The van der Waals surface area contributed by atoms with Crippen LogP contribution in [0.5, 0.6) is 0 Å². The molecule has 2 N–H and O–H groups in total. The topological polar surface area (TPSA) is 40.7 Å². The van der Waals surface area contributed by atoms with Crippen molar-refractivity contribution < 1.29 is 0 Å². The molecule has 0 aliphatic rings. The first kappa shape index (κ1) is 13.3. The molecule has 0 saturated carbocycles. The van der Waals surface area contributed by atoms with Crippen LogP contribution < -0.4 is 5.32 Å². The number of aromatic amines is 1. The quantitative estimate of drug-likeness (QED) is 0.877. The first-order chi connectivity index (χ1) is 8.70. The minimum absolute atomic E-state index is 0.289. The molecule has 2 rings (SSSR count). The van der Waals surface area contributed by atoms with Crippen LogP contribution in [0.15, 0.2) is 41.1 Å². The summed E-state index contributed by atoms with van der Waals surface area (Å²) in [5.41, 5.74) is 2.50. The average molecular weight is 308 g/mol. The summed E-state index contributed by atoms with van der Waals surface area (Å²) in [6.45, 7) is 4.36. The smallest absolute Gasteiger partial charge is 0.0534 e. The Hall–Kier alpha value is -1.13. The Balaban J connectivity index is 2.07. The predicted octanol–water partition coefficient (Wildman–Crippen LogP) is 3.97. The fraction of sp³-hybridized carbons (Fsp3) is 0.357. The largest absolute Gasteiger partial charge is 0.303 e. The van der Waals surface area contributed by atoms with Crippen LogP contribution in [-0.2, 0) is 0 Å². The number of rotatable bonds is 5. The molecule has 4 heteroatoms. The number of halogens is 1. The van der Waals surface area contributed by atoms with Gasteiger partial charge in [0.25, 0.3) is 0 Å². The highest BCUT2D eigenvalue weighted by molar-refractivity contribution is 9.10. The van der Waals surface area contributed by atoms with Crippen LogP contribution in [0, 0.1) is 0 Å². The fourth-order valence-electron chi connectivity index (χ4n) is 2.04. The van der Waals surface area contributed by atoms with Crippen LogP contribution in [0.2, 0.25) is 0 Å². The van der Waals surface area contributed by atoms with Crippen LogP contribution in [-0.4, -0.2) is 10.2 Å². The van der Waals surface area contributed by atoms with Gasteiger partial charge in [0.05, 0.1) is 6.20 Å². The van der Waals surface area contributed by atoms with Crippen molar-refractivity contribution >= 4 is 15.9 Å². The van der Waals surface area contributed by atoms with Crippen molar-refractivity contribution in [1.29, 1.82) is 0 Å². The summed E-state index contributed by atoms with van der Waals surface area (Å²) in [6, 6.07) is 9.14. The Labute approximate surface area is 116 Å². The van der Waals surface area contributed by atoms with Gasteiger partial charge in [-0.3, -0.25) is 5.10 Å². The number of hydrogen-bond donors (Lipinski definition) is 2. The summed E-state index contributed by atoms with van der Waals surface area (Å²) in [4.78, 5) is 0. The van der Waals surface area contributed by atoms with Crippen molar-refractivity contribution in [1.82, 2.24) is 15.5 Å². The average Bonchev–Trinajstić information content (AvgIpc) is 2.91. The minimum Gasteiger partial charge on any atom is -0.303 e. The second-order valence-corrected chi connectivity index (χ2v) is 5.35. The summed E-state index contributed by atoms with van der Waals surface area (Å²) in [5, 5.41) is 10.5. The van der Waals surface area contributed by atoms with Gasteiger partial charge in [0.1, 0.15) is 0 Å². The van der Waals surface area contributed by atoms with Crippen molar-refractivity contribution in [3.63, 3.8) is 0 Å². The molecule has 0 radical (unpaired) electrons. The molecule has 18 heavy (non-hydrogen) atoms. The molecular formula is C14H18BrN3. The summed E-state index contributed by atoms with van der Waals surface area (Å²) < 4.78 is 1.11. The molecule has 0 saturated heterocycles. The van der Waals surface area contributed by atoms with E-state index in [1.807, 2.05) is 12.4 Å². The van der Waals surface area contributed by atoms with Crippen LogP contribution in [0.25, 0.3) is 0 Å². The molecule has 2 aromatic rings. The van der Waals surface area contributed by atoms with Crippen molar-refractivity contribution in [3.8, 4) is 0 Å². The molecule has 0 fully saturated rings.